The minimum absolute atomic E-state index is 0.0258. The summed E-state index contributed by atoms with van der Waals surface area (Å²) in [5, 5.41) is 6.39. The summed E-state index contributed by atoms with van der Waals surface area (Å²) >= 11 is 0. The van der Waals surface area contributed by atoms with Crippen LogP contribution in [0, 0.1) is 0 Å². The van der Waals surface area contributed by atoms with Gasteiger partial charge in [-0.2, -0.15) is 0 Å². The van der Waals surface area contributed by atoms with Crippen molar-refractivity contribution >= 4 is 11.7 Å². The average molecular weight is 382 g/mol. The zero-order valence-electron chi connectivity index (χ0n) is 17.2. The summed E-state index contributed by atoms with van der Waals surface area (Å²) < 4.78 is 0. The lowest BCUT2D eigenvalue weighted by Gasteiger charge is -2.18. The number of benzene rings is 1. The number of hydrogen-bond donors (Lipinski definition) is 2. The van der Waals surface area contributed by atoms with E-state index in [1.165, 1.54) is 44.9 Å². The fraction of sp³-hybridized carbons (Fsp3) is 0.500. The van der Waals surface area contributed by atoms with Crippen LogP contribution >= 0.6 is 0 Å². The number of amides is 1. The van der Waals surface area contributed by atoms with Gasteiger partial charge in [0.25, 0.3) is 0 Å². The molecule has 1 aromatic heterocycles. The smallest absolute Gasteiger partial charge is 0.243 e. The molecule has 0 spiro atoms. The van der Waals surface area contributed by atoms with Gasteiger partial charge in [0.05, 0.1) is 6.04 Å². The van der Waals surface area contributed by atoms with Crippen LogP contribution < -0.4 is 10.6 Å². The van der Waals surface area contributed by atoms with Gasteiger partial charge in [0.15, 0.2) is 0 Å². The number of anilines is 1. The first-order chi connectivity index (χ1) is 13.8. The molecule has 0 aliphatic carbocycles. The highest BCUT2D eigenvalue weighted by Gasteiger charge is 2.18. The van der Waals surface area contributed by atoms with Crippen LogP contribution in [0.5, 0.6) is 0 Å². The number of carbonyl (C=O) groups is 1. The predicted octanol–water partition coefficient (Wildman–Crippen LogP) is 5.36. The Balaban J connectivity index is 1.77. The molecule has 0 saturated carbocycles. The highest BCUT2D eigenvalue weighted by Crippen LogP contribution is 2.09. The molecule has 2 rings (SSSR count). The van der Waals surface area contributed by atoms with E-state index in [4.69, 9.17) is 0 Å². The van der Waals surface area contributed by atoms with E-state index in [2.05, 4.69) is 34.7 Å². The van der Waals surface area contributed by atoms with Gasteiger partial charge in [-0.1, -0.05) is 88.3 Å². The number of carbonyl (C=O) groups excluding carboxylic acids is 1. The largest absolute Gasteiger partial charge is 0.309 e. The van der Waals surface area contributed by atoms with E-state index in [1.54, 1.807) is 6.20 Å². The molecule has 0 bridgehead atoms. The van der Waals surface area contributed by atoms with Gasteiger partial charge >= 0.3 is 0 Å². The van der Waals surface area contributed by atoms with E-state index in [9.17, 15) is 4.79 Å². The Hall–Kier alpha value is -2.20. The van der Waals surface area contributed by atoms with Crippen LogP contribution in [-0.2, 0) is 11.2 Å². The Bertz CT molecular complexity index is 645. The van der Waals surface area contributed by atoms with Crippen molar-refractivity contribution in [3.05, 3.63) is 60.3 Å². The molecule has 1 atom stereocenters. The van der Waals surface area contributed by atoms with Crippen LogP contribution in [0.4, 0.5) is 5.82 Å². The highest BCUT2D eigenvalue weighted by molar-refractivity contribution is 5.94. The van der Waals surface area contributed by atoms with Crippen molar-refractivity contribution in [3.8, 4) is 0 Å². The first kappa shape index (κ1) is 22.1. The van der Waals surface area contributed by atoms with Gasteiger partial charge in [0.1, 0.15) is 5.82 Å². The molecule has 2 N–H and O–H groups in total. The number of nitrogens with zero attached hydrogens (tertiary/aromatic N) is 1. The number of unbranched alkanes of at least 4 members (excludes halogenated alkanes) is 7. The monoisotopic (exact) mass is 381 g/mol. The van der Waals surface area contributed by atoms with Crippen molar-refractivity contribution in [1.29, 1.82) is 0 Å². The second kappa shape index (κ2) is 13.9. The lowest BCUT2D eigenvalue weighted by Crippen LogP contribution is -2.42. The Morgan fingerprint density at radius 1 is 0.893 bits per heavy atom. The van der Waals surface area contributed by atoms with E-state index in [1.807, 2.05) is 36.4 Å². The molecule has 0 saturated heterocycles. The number of pyridine rings is 1. The van der Waals surface area contributed by atoms with E-state index in [-0.39, 0.29) is 11.9 Å². The van der Waals surface area contributed by atoms with Crippen molar-refractivity contribution in [1.82, 2.24) is 10.3 Å². The Morgan fingerprint density at radius 3 is 2.25 bits per heavy atom. The van der Waals surface area contributed by atoms with Gasteiger partial charge in [-0.3, -0.25) is 4.79 Å². The van der Waals surface area contributed by atoms with Crippen molar-refractivity contribution in [2.24, 2.45) is 0 Å². The fourth-order valence-electron chi connectivity index (χ4n) is 3.29. The molecule has 1 amide bonds. The van der Waals surface area contributed by atoms with Crippen molar-refractivity contribution in [2.75, 3.05) is 11.9 Å². The molecule has 2 aromatic rings. The molecule has 28 heavy (non-hydrogen) atoms. The molecule has 1 aromatic carbocycles. The van der Waals surface area contributed by atoms with E-state index in [0.717, 1.165) is 18.5 Å². The molecule has 0 unspecified atom stereocenters. The van der Waals surface area contributed by atoms with Crippen LogP contribution in [-0.4, -0.2) is 23.5 Å². The normalized spacial score (nSPS) is 11.9. The zero-order chi connectivity index (χ0) is 19.9. The molecule has 0 fully saturated rings. The molecule has 0 aliphatic rings. The summed E-state index contributed by atoms with van der Waals surface area (Å²) in [5.74, 6) is 0.571. The van der Waals surface area contributed by atoms with Crippen LogP contribution in [0.3, 0.4) is 0 Å². The van der Waals surface area contributed by atoms with Crippen LogP contribution in [0.15, 0.2) is 54.7 Å². The van der Waals surface area contributed by atoms with E-state index >= 15 is 0 Å². The van der Waals surface area contributed by atoms with Crippen molar-refractivity contribution in [3.63, 3.8) is 0 Å². The van der Waals surface area contributed by atoms with Crippen LogP contribution in [0.25, 0.3) is 0 Å². The van der Waals surface area contributed by atoms with Crippen molar-refractivity contribution < 1.29 is 4.79 Å². The van der Waals surface area contributed by atoms with Gasteiger partial charge in [-0.15, -0.1) is 0 Å². The lowest BCUT2D eigenvalue weighted by atomic mass is 10.0. The minimum Gasteiger partial charge on any atom is -0.309 e. The summed E-state index contributed by atoms with van der Waals surface area (Å²) in [6, 6.07) is 15.5. The maximum atomic E-state index is 12.8. The first-order valence-corrected chi connectivity index (χ1v) is 10.8. The molecule has 4 nitrogen and oxygen atoms in total. The van der Waals surface area contributed by atoms with E-state index in [0.29, 0.717) is 12.2 Å². The van der Waals surface area contributed by atoms with Crippen LogP contribution in [0.2, 0.25) is 0 Å². The summed E-state index contributed by atoms with van der Waals surface area (Å²) in [4.78, 5) is 17.0. The number of aromatic nitrogens is 1. The Labute approximate surface area is 170 Å². The third-order valence-electron chi connectivity index (χ3n) is 4.94. The number of rotatable bonds is 14. The molecular formula is C24H35N3O. The SMILES string of the molecule is CCCCCCCCCCN[C@@H](Cc1ccccc1)C(=O)Nc1ccccn1. The fourth-order valence-corrected chi connectivity index (χ4v) is 3.29. The molecule has 4 heteroatoms. The number of nitrogens with one attached hydrogen (secondary N) is 2. The summed E-state index contributed by atoms with van der Waals surface area (Å²) in [7, 11) is 0. The highest BCUT2D eigenvalue weighted by atomic mass is 16.2. The quantitative estimate of drug-likeness (QED) is 0.433. The van der Waals surface area contributed by atoms with E-state index < -0.39 is 0 Å². The minimum atomic E-state index is -0.256. The number of hydrogen-bond acceptors (Lipinski definition) is 3. The maximum Gasteiger partial charge on any atom is 0.243 e. The molecule has 1 heterocycles. The van der Waals surface area contributed by atoms with Gasteiger partial charge in [-0.25, -0.2) is 4.98 Å². The third-order valence-corrected chi connectivity index (χ3v) is 4.94. The lowest BCUT2D eigenvalue weighted by molar-refractivity contribution is -0.118. The molecule has 0 radical (unpaired) electrons. The second-order valence-electron chi connectivity index (χ2n) is 7.38. The first-order valence-electron chi connectivity index (χ1n) is 10.8. The average Bonchev–Trinajstić information content (AvgIpc) is 2.73. The standard InChI is InChI=1S/C24H35N3O/c1-2-3-4-5-6-7-8-13-18-25-22(20-21-15-10-9-11-16-21)24(28)27-23-17-12-14-19-26-23/h9-12,14-17,19,22,25H,2-8,13,18,20H2,1H3,(H,26,27,28)/t22-/m0/s1. The predicted molar refractivity (Wildman–Crippen MR) is 117 cm³/mol. The van der Waals surface area contributed by atoms with Crippen molar-refractivity contribution in [2.45, 2.75) is 70.8 Å². The molecule has 152 valence electrons. The van der Waals surface area contributed by atoms with Gasteiger partial charge in [-0.05, 0) is 37.1 Å². The topological polar surface area (TPSA) is 54.0 Å². The molecule has 0 aliphatic heterocycles. The molecular weight excluding hydrogens is 346 g/mol. The summed E-state index contributed by atoms with van der Waals surface area (Å²) in [6.07, 6.45) is 12.7. The summed E-state index contributed by atoms with van der Waals surface area (Å²) in [6.45, 7) is 3.11. The Kier molecular flexibility index (Phi) is 11.0. The second-order valence-corrected chi connectivity index (χ2v) is 7.38. The Morgan fingerprint density at radius 2 is 1.57 bits per heavy atom. The maximum absolute atomic E-state index is 12.8. The summed E-state index contributed by atoms with van der Waals surface area (Å²) in [5.41, 5.74) is 1.16. The van der Waals surface area contributed by atoms with Crippen LogP contribution in [0.1, 0.15) is 63.9 Å². The zero-order valence-corrected chi connectivity index (χ0v) is 17.2. The van der Waals surface area contributed by atoms with Gasteiger partial charge in [0.2, 0.25) is 5.91 Å². The third kappa shape index (κ3) is 9.14. The van der Waals surface area contributed by atoms with Gasteiger partial charge in [0, 0.05) is 6.20 Å². The van der Waals surface area contributed by atoms with Gasteiger partial charge < -0.3 is 10.6 Å².